The second-order valence-electron chi connectivity index (χ2n) is 9.54. The predicted molar refractivity (Wildman–Crippen MR) is 156 cm³/mol. The van der Waals surface area contributed by atoms with Gasteiger partial charge in [0.1, 0.15) is 11.6 Å². The van der Waals surface area contributed by atoms with E-state index in [1.165, 1.54) is 21.5 Å². The normalized spacial score (nSPS) is 11.7. The Morgan fingerprint density at radius 1 is 0.368 bits per heavy atom. The summed E-state index contributed by atoms with van der Waals surface area (Å²) in [5, 5.41) is 4.90. The van der Waals surface area contributed by atoms with Gasteiger partial charge < -0.3 is 0 Å². The Kier molecular flexibility index (Phi) is 4.49. The summed E-state index contributed by atoms with van der Waals surface area (Å²) in [6.07, 6.45) is 3.70. The van der Waals surface area contributed by atoms with Crippen LogP contribution in [0.1, 0.15) is 0 Å². The molecule has 4 aromatic carbocycles. The average molecular weight is 487 g/mol. The SMILES string of the molecule is c1ccc(-n2c3ccccc3c3ccc(-c4ccc5c6ccccc6n(-c6ccccn6)c5c4)cc32)nc1. The minimum atomic E-state index is 0.918. The summed E-state index contributed by atoms with van der Waals surface area (Å²) in [6, 6.07) is 42.7. The van der Waals surface area contributed by atoms with E-state index in [2.05, 4.69) is 116 Å². The number of nitrogens with zero attached hydrogens (tertiary/aromatic N) is 4. The van der Waals surface area contributed by atoms with Crippen LogP contribution in [-0.4, -0.2) is 19.1 Å². The Hall–Kier alpha value is -5.22. The average Bonchev–Trinajstić information content (AvgIpc) is 3.50. The Morgan fingerprint density at radius 2 is 0.789 bits per heavy atom. The van der Waals surface area contributed by atoms with E-state index in [0.717, 1.165) is 44.8 Å². The molecule has 0 saturated heterocycles. The molecule has 8 aromatic rings. The molecule has 0 aliphatic rings. The second kappa shape index (κ2) is 8.15. The second-order valence-corrected chi connectivity index (χ2v) is 9.54. The van der Waals surface area contributed by atoms with Crippen molar-refractivity contribution in [3.05, 3.63) is 134 Å². The first-order chi connectivity index (χ1) is 18.9. The fraction of sp³-hybridized carbons (Fsp3) is 0. The summed E-state index contributed by atoms with van der Waals surface area (Å²) in [6.45, 7) is 0. The van der Waals surface area contributed by atoms with E-state index in [-0.39, 0.29) is 0 Å². The zero-order valence-electron chi connectivity index (χ0n) is 20.5. The van der Waals surface area contributed by atoms with E-state index >= 15 is 0 Å². The summed E-state index contributed by atoms with van der Waals surface area (Å²) in [5.41, 5.74) is 6.93. The Bertz CT molecular complexity index is 1960. The number of pyridine rings is 2. The summed E-state index contributed by atoms with van der Waals surface area (Å²) in [4.78, 5) is 9.37. The number of aromatic nitrogens is 4. The lowest BCUT2D eigenvalue weighted by molar-refractivity contribution is 1.08. The van der Waals surface area contributed by atoms with Crippen molar-refractivity contribution in [3.8, 4) is 22.8 Å². The van der Waals surface area contributed by atoms with Crippen molar-refractivity contribution in [1.29, 1.82) is 0 Å². The molecule has 178 valence electrons. The monoisotopic (exact) mass is 486 g/mol. The maximum Gasteiger partial charge on any atom is 0.137 e. The summed E-state index contributed by atoms with van der Waals surface area (Å²) >= 11 is 0. The van der Waals surface area contributed by atoms with E-state index in [0.29, 0.717) is 0 Å². The van der Waals surface area contributed by atoms with E-state index < -0.39 is 0 Å². The lowest BCUT2D eigenvalue weighted by atomic mass is 10.0. The molecule has 4 heterocycles. The van der Waals surface area contributed by atoms with Crippen molar-refractivity contribution in [1.82, 2.24) is 19.1 Å². The molecule has 8 rings (SSSR count). The van der Waals surface area contributed by atoms with Crippen LogP contribution in [-0.2, 0) is 0 Å². The fourth-order valence-electron chi connectivity index (χ4n) is 5.77. The number of hydrogen-bond donors (Lipinski definition) is 0. The van der Waals surface area contributed by atoms with E-state index in [4.69, 9.17) is 0 Å². The molecule has 38 heavy (non-hydrogen) atoms. The molecule has 0 radical (unpaired) electrons. The van der Waals surface area contributed by atoms with Gasteiger partial charge in [0.25, 0.3) is 0 Å². The van der Waals surface area contributed by atoms with Crippen molar-refractivity contribution in [2.45, 2.75) is 0 Å². The minimum absolute atomic E-state index is 0.918. The van der Waals surface area contributed by atoms with Crippen molar-refractivity contribution in [2.75, 3.05) is 0 Å². The lowest BCUT2D eigenvalue weighted by Gasteiger charge is -2.09. The molecular formula is C34H22N4. The molecule has 0 spiro atoms. The highest BCUT2D eigenvalue weighted by atomic mass is 15.1. The first kappa shape index (κ1) is 20.9. The van der Waals surface area contributed by atoms with Crippen LogP contribution in [0.4, 0.5) is 0 Å². The number of fused-ring (bicyclic) bond motifs is 6. The van der Waals surface area contributed by atoms with Crippen molar-refractivity contribution < 1.29 is 0 Å². The lowest BCUT2D eigenvalue weighted by Crippen LogP contribution is -1.97. The molecule has 0 amide bonds. The van der Waals surface area contributed by atoms with Gasteiger partial charge in [-0.25, -0.2) is 9.97 Å². The van der Waals surface area contributed by atoms with Crippen LogP contribution in [0, 0.1) is 0 Å². The highest BCUT2D eigenvalue weighted by molar-refractivity contribution is 6.12. The smallest absolute Gasteiger partial charge is 0.137 e. The van der Waals surface area contributed by atoms with Gasteiger partial charge in [-0.15, -0.1) is 0 Å². The van der Waals surface area contributed by atoms with Gasteiger partial charge in [-0.2, -0.15) is 0 Å². The molecule has 4 nitrogen and oxygen atoms in total. The third kappa shape index (κ3) is 3.04. The van der Waals surface area contributed by atoms with Crippen LogP contribution in [0.3, 0.4) is 0 Å². The van der Waals surface area contributed by atoms with Gasteiger partial charge in [-0.05, 0) is 59.7 Å². The Balaban J connectivity index is 1.40. The van der Waals surface area contributed by atoms with Crippen LogP contribution in [0.25, 0.3) is 66.4 Å². The molecule has 4 aromatic heterocycles. The topological polar surface area (TPSA) is 35.6 Å². The standard InChI is InChI=1S/C34H22N4/c1-3-11-29-25(9-1)27-17-15-23(21-31(27)37(29)33-13-5-7-19-35-33)24-16-18-28-26-10-2-4-12-30(26)38(32(28)22-24)34-14-6-8-20-36-34/h1-22H. The predicted octanol–water partition coefficient (Wildman–Crippen LogP) is 8.34. The maximum absolute atomic E-state index is 4.69. The van der Waals surface area contributed by atoms with E-state index in [9.17, 15) is 0 Å². The van der Waals surface area contributed by atoms with Crippen LogP contribution < -0.4 is 0 Å². The largest absolute Gasteiger partial charge is 0.294 e. The van der Waals surface area contributed by atoms with Crippen molar-refractivity contribution in [2.24, 2.45) is 0 Å². The zero-order chi connectivity index (χ0) is 25.1. The molecule has 0 N–H and O–H groups in total. The van der Waals surface area contributed by atoms with Crippen LogP contribution in [0.5, 0.6) is 0 Å². The third-order valence-corrected chi connectivity index (χ3v) is 7.44. The first-order valence-electron chi connectivity index (χ1n) is 12.8. The molecule has 0 atom stereocenters. The van der Waals surface area contributed by atoms with Gasteiger partial charge >= 0.3 is 0 Å². The van der Waals surface area contributed by atoms with Gasteiger partial charge in [0, 0.05) is 33.9 Å². The third-order valence-electron chi connectivity index (χ3n) is 7.44. The maximum atomic E-state index is 4.69. The Morgan fingerprint density at radius 3 is 1.24 bits per heavy atom. The first-order valence-corrected chi connectivity index (χ1v) is 12.8. The highest BCUT2D eigenvalue weighted by Crippen LogP contribution is 2.37. The summed E-state index contributed by atoms with van der Waals surface area (Å²) in [7, 11) is 0. The summed E-state index contributed by atoms with van der Waals surface area (Å²) in [5.74, 6) is 1.84. The number of para-hydroxylation sites is 2. The molecule has 0 bridgehead atoms. The van der Waals surface area contributed by atoms with E-state index in [1.807, 2.05) is 36.7 Å². The van der Waals surface area contributed by atoms with Crippen LogP contribution >= 0.6 is 0 Å². The van der Waals surface area contributed by atoms with Crippen LogP contribution in [0.15, 0.2) is 134 Å². The highest BCUT2D eigenvalue weighted by Gasteiger charge is 2.16. The van der Waals surface area contributed by atoms with Gasteiger partial charge in [0.15, 0.2) is 0 Å². The van der Waals surface area contributed by atoms with E-state index in [1.54, 1.807) is 0 Å². The quantitative estimate of drug-likeness (QED) is 0.252. The number of rotatable bonds is 3. The van der Waals surface area contributed by atoms with Crippen molar-refractivity contribution in [3.63, 3.8) is 0 Å². The zero-order valence-corrected chi connectivity index (χ0v) is 20.5. The number of hydrogen-bond acceptors (Lipinski definition) is 2. The van der Waals surface area contributed by atoms with Gasteiger partial charge in [-0.3, -0.25) is 9.13 Å². The summed E-state index contributed by atoms with van der Waals surface area (Å²) < 4.78 is 4.52. The van der Waals surface area contributed by atoms with Gasteiger partial charge in [-0.1, -0.05) is 72.8 Å². The molecular weight excluding hydrogens is 464 g/mol. The van der Waals surface area contributed by atoms with Gasteiger partial charge in [0.05, 0.1) is 22.1 Å². The number of benzene rings is 4. The molecule has 0 saturated carbocycles. The Labute approximate surface area is 219 Å². The fourth-order valence-corrected chi connectivity index (χ4v) is 5.77. The molecule has 0 unspecified atom stereocenters. The molecule has 0 aliphatic heterocycles. The minimum Gasteiger partial charge on any atom is -0.294 e. The molecule has 0 aliphatic carbocycles. The van der Waals surface area contributed by atoms with Gasteiger partial charge in [0.2, 0.25) is 0 Å². The van der Waals surface area contributed by atoms with Crippen LogP contribution in [0.2, 0.25) is 0 Å². The van der Waals surface area contributed by atoms with Crippen molar-refractivity contribution >= 4 is 43.6 Å². The molecule has 0 fully saturated rings. The molecule has 4 heteroatoms.